The zero-order valence-electron chi connectivity index (χ0n) is 9.08. The number of aromatic nitrogens is 2. The normalized spacial score (nSPS) is 15.3. The Labute approximate surface area is 93.1 Å². The van der Waals surface area contributed by atoms with Gasteiger partial charge >= 0.3 is 0 Å². The van der Waals surface area contributed by atoms with Crippen LogP contribution < -0.4 is 5.32 Å². The third-order valence-electron chi connectivity index (χ3n) is 2.83. The summed E-state index contributed by atoms with van der Waals surface area (Å²) in [7, 11) is 0. The van der Waals surface area contributed by atoms with Gasteiger partial charge in [-0.3, -0.25) is 10.1 Å². The predicted molar refractivity (Wildman–Crippen MR) is 62.2 cm³/mol. The lowest BCUT2D eigenvalue weighted by Gasteiger charge is -1.97. The van der Waals surface area contributed by atoms with Crippen LogP contribution in [-0.2, 0) is 4.79 Å². The van der Waals surface area contributed by atoms with E-state index in [-0.39, 0.29) is 11.8 Å². The summed E-state index contributed by atoms with van der Waals surface area (Å²) < 4.78 is 0. The molecule has 1 aliphatic rings. The molecule has 1 aromatic heterocycles. The van der Waals surface area contributed by atoms with Crippen molar-refractivity contribution in [3.8, 4) is 0 Å². The van der Waals surface area contributed by atoms with Crippen molar-refractivity contribution >= 4 is 22.9 Å². The lowest BCUT2D eigenvalue weighted by Crippen LogP contribution is -2.14. The minimum Gasteiger partial charge on any atom is -0.324 e. The molecule has 0 spiro atoms. The van der Waals surface area contributed by atoms with Gasteiger partial charge in [0.1, 0.15) is 0 Å². The average molecular weight is 215 g/mol. The number of H-pyrrole nitrogens is 1. The number of hydrogen-bond donors (Lipinski definition) is 2. The van der Waals surface area contributed by atoms with E-state index in [0.717, 1.165) is 23.9 Å². The Morgan fingerprint density at radius 2 is 2.31 bits per heavy atom. The molecule has 1 heterocycles. The summed E-state index contributed by atoms with van der Waals surface area (Å²) in [6, 6.07) is 5.98. The van der Waals surface area contributed by atoms with Gasteiger partial charge in [0, 0.05) is 5.92 Å². The standard InChI is InChI=1S/C12H13N3O/c1-7-2-5-9-10(6-7)14-12(13-9)15-11(16)8-3-4-8/h2,5-6,8H,3-4H2,1H3,(H2,13,14,15,16). The number of aryl methyl sites for hydroxylation is 1. The molecular formula is C12H13N3O. The van der Waals surface area contributed by atoms with Gasteiger partial charge < -0.3 is 4.98 Å². The molecule has 0 aliphatic heterocycles. The fourth-order valence-electron chi connectivity index (χ4n) is 1.75. The molecule has 0 atom stereocenters. The molecule has 0 bridgehead atoms. The van der Waals surface area contributed by atoms with E-state index in [1.165, 1.54) is 5.56 Å². The van der Waals surface area contributed by atoms with Crippen LogP contribution in [0.4, 0.5) is 5.95 Å². The molecule has 0 radical (unpaired) electrons. The van der Waals surface area contributed by atoms with E-state index >= 15 is 0 Å². The van der Waals surface area contributed by atoms with E-state index in [4.69, 9.17) is 0 Å². The largest absolute Gasteiger partial charge is 0.324 e. The third kappa shape index (κ3) is 1.66. The lowest BCUT2D eigenvalue weighted by molar-refractivity contribution is -0.117. The number of amides is 1. The van der Waals surface area contributed by atoms with Crippen molar-refractivity contribution in [2.45, 2.75) is 19.8 Å². The zero-order chi connectivity index (χ0) is 11.1. The Morgan fingerprint density at radius 3 is 3.06 bits per heavy atom. The maximum atomic E-state index is 11.5. The van der Waals surface area contributed by atoms with Gasteiger partial charge in [0.25, 0.3) is 0 Å². The second kappa shape index (κ2) is 3.33. The summed E-state index contributed by atoms with van der Waals surface area (Å²) >= 11 is 0. The maximum Gasteiger partial charge on any atom is 0.229 e. The molecule has 2 aromatic rings. The first-order valence-electron chi connectivity index (χ1n) is 5.49. The second-order valence-electron chi connectivity index (χ2n) is 4.37. The number of carbonyl (C=O) groups is 1. The minimum absolute atomic E-state index is 0.0794. The maximum absolute atomic E-state index is 11.5. The average Bonchev–Trinajstić information content (AvgIpc) is 3.00. The van der Waals surface area contributed by atoms with Crippen molar-refractivity contribution in [2.24, 2.45) is 5.92 Å². The number of carbonyl (C=O) groups excluding carboxylic acids is 1. The Kier molecular flexibility index (Phi) is 1.96. The number of nitrogens with zero attached hydrogens (tertiary/aromatic N) is 1. The van der Waals surface area contributed by atoms with Gasteiger partial charge in [-0.1, -0.05) is 6.07 Å². The van der Waals surface area contributed by atoms with Crippen LogP contribution in [-0.4, -0.2) is 15.9 Å². The van der Waals surface area contributed by atoms with Crippen LogP contribution in [0, 0.1) is 12.8 Å². The van der Waals surface area contributed by atoms with Crippen molar-refractivity contribution in [3.05, 3.63) is 23.8 Å². The number of imidazole rings is 1. The number of hydrogen-bond acceptors (Lipinski definition) is 2. The van der Waals surface area contributed by atoms with Gasteiger partial charge in [-0.2, -0.15) is 0 Å². The highest BCUT2D eigenvalue weighted by Gasteiger charge is 2.30. The Morgan fingerprint density at radius 1 is 1.50 bits per heavy atom. The summed E-state index contributed by atoms with van der Waals surface area (Å²) in [5.41, 5.74) is 3.03. The highest BCUT2D eigenvalue weighted by Crippen LogP contribution is 2.30. The number of aromatic amines is 1. The SMILES string of the molecule is Cc1ccc2nc(NC(=O)C3CC3)[nH]c2c1. The van der Waals surface area contributed by atoms with Crippen molar-refractivity contribution in [2.75, 3.05) is 5.32 Å². The molecule has 0 saturated heterocycles. The van der Waals surface area contributed by atoms with Crippen LogP contribution in [0.3, 0.4) is 0 Å². The highest BCUT2D eigenvalue weighted by molar-refractivity contribution is 5.94. The summed E-state index contributed by atoms with van der Waals surface area (Å²) in [6.07, 6.45) is 2.01. The molecule has 4 nitrogen and oxygen atoms in total. The third-order valence-corrected chi connectivity index (χ3v) is 2.83. The van der Waals surface area contributed by atoms with Gasteiger partial charge in [-0.05, 0) is 37.5 Å². The molecule has 4 heteroatoms. The fraction of sp³-hybridized carbons (Fsp3) is 0.333. The molecule has 82 valence electrons. The van der Waals surface area contributed by atoms with E-state index < -0.39 is 0 Å². The molecule has 16 heavy (non-hydrogen) atoms. The van der Waals surface area contributed by atoms with Gasteiger partial charge in [0.2, 0.25) is 11.9 Å². The first kappa shape index (κ1) is 9.39. The summed E-state index contributed by atoms with van der Waals surface area (Å²) in [4.78, 5) is 19.0. The molecular weight excluding hydrogens is 202 g/mol. The van der Waals surface area contributed by atoms with Crippen molar-refractivity contribution < 1.29 is 4.79 Å². The molecule has 1 fully saturated rings. The molecule has 1 amide bonds. The number of anilines is 1. The van der Waals surface area contributed by atoms with E-state index in [2.05, 4.69) is 15.3 Å². The van der Waals surface area contributed by atoms with E-state index in [0.29, 0.717) is 5.95 Å². The van der Waals surface area contributed by atoms with Crippen molar-refractivity contribution in [3.63, 3.8) is 0 Å². The smallest absolute Gasteiger partial charge is 0.229 e. The molecule has 2 N–H and O–H groups in total. The van der Waals surface area contributed by atoms with Crippen LogP contribution in [0.1, 0.15) is 18.4 Å². The van der Waals surface area contributed by atoms with Crippen molar-refractivity contribution in [1.29, 1.82) is 0 Å². The minimum atomic E-state index is 0.0794. The number of nitrogens with one attached hydrogen (secondary N) is 2. The van der Waals surface area contributed by atoms with Gasteiger partial charge in [0.15, 0.2) is 0 Å². The van der Waals surface area contributed by atoms with Crippen molar-refractivity contribution in [1.82, 2.24) is 9.97 Å². The fourth-order valence-corrected chi connectivity index (χ4v) is 1.75. The predicted octanol–water partition coefficient (Wildman–Crippen LogP) is 2.22. The van der Waals surface area contributed by atoms with E-state index in [1.807, 2.05) is 25.1 Å². The number of benzene rings is 1. The van der Waals surface area contributed by atoms with Gasteiger partial charge in [-0.15, -0.1) is 0 Å². The highest BCUT2D eigenvalue weighted by atomic mass is 16.2. The molecule has 3 rings (SSSR count). The summed E-state index contributed by atoms with van der Waals surface area (Å²) in [5, 5.41) is 2.81. The summed E-state index contributed by atoms with van der Waals surface area (Å²) in [5.74, 6) is 0.836. The molecule has 0 unspecified atom stereocenters. The molecule has 1 aromatic carbocycles. The van der Waals surface area contributed by atoms with E-state index in [1.54, 1.807) is 0 Å². The van der Waals surface area contributed by atoms with Crippen LogP contribution in [0.15, 0.2) is 18.2 Å². The quantitative estimate of drug-likeness (QED) is 0.807. The molecule has 1 aliphatic carbocycles. The Hall–Kier alpha value is -1.84. The first-order valence-corrected chi connectivity index (χ1v) is 5.49. The topological polar surface area (TPSA) is 57.8 Å². The Balaban J connectivity index is 1.89. The van der Waals surface area contributed by atoms with Crippen LogP contribution in [0.25, 0.3) is 11.0 Å². The first-order chi connectivity index (χ1) is 7.72. The van der Waals surface area contributed by atoms with Gasteiger partial charge in [-0.25, -0.2) is 4.98 Å². The summed E-state index contributed by atoms with van der Waals surface area (Å²) in [6.45, 7) is 2.03. The number of rotatable bonds is 2. The van der Waals surface area contributed by atoms with Crippen LogP contribution in [0.5, 0.6) is 0 Å². The monoisotopic (exact) mass is 215 g/mol. The van der Waals surface area contributed by atoms with Gasteiger partial charge in [0.05, 0.1) is 11.0 Å². The lowest BCUT2D eigenvalue weighted by atomic mass is 10.2. The zero-order valence-corrected chi connectivity index (χ0v) is 9.08. The Bertz CT molecular complexity index is 554. The van der Waals surface area contributed by atoms with E-state index in [9.17, 15) is 4.79 Å². The van der Waals surface area contributed by atoms with Crippen LogP contribution >= 0.6 is 0 Å². The molecule has 1 saturated carbocycles. The number of fused-ring (bicyclic) bond motifs is 1. The second-order valence-corrected chi connectivity index (χ2v) is 4.37. The van der Waals surface area contributed by atoms with Crippen LogP contribution in [0.2, 0.25) is 0 Å².